The molecule has 0 saturated heterocycles. The summed E-state index contributed by atoms with van der Waals surface area (Å²) in [7, 11) is 5.60. The van der Waals surface area contributed by atoms with E-state index in [0.29, 0.717) is 33.8 Å². The van der Waals surface area contributed by atoms with Gasteiger partial charge in [-0.25, -0.2) is 0 Å². The molecule has 2 aromatic carbocycles. The van der Waals surface area contributed by atoms with Crippen LogP contribution in [0.25, 0.3) is 5.57 Å². The molecule has 0 N–H and O–H groups in total. The molecule has 0 spiro atoms. The van der Waals surface area contributed by atoms with E-state index < -0.39 is 17.4 Å². The van der Waals surface area contributed by atoms with Crippen molar-refractivity contribution in [2.45, 2.75) is 12.8 Å². The molecule has 1 aliphatic carbocycles. The third-order valence-electron chi connectivity index (χ3n) is 5.43. The fraction of sp³-hybridized carbons (Fsp3) is 0.280. The highest BCUT2D eigenvalue weighted by Gasteiger charge is 2.49. The predicted octanol–water partition coefficient (Wildman–Crippen LogP) is 3.20. The number of allylic oxidation sites excluding steroid dienone is 1. The van der Waals surface area contributed by atoms with Gasteiger partial charge in [0.25, 0.3) is 0 Å². The Morgan fingerprint density at radius 2 is 1.39 bits per heavy atom. The van der Waals surface area contributed by atoms with E-state index in [2.05, 4.69) is 18.4 Å². The summed E-state index contributed by atoms with van der Waals surface area (Å²) in [6, 6.07) is 10.7. The summed E-state index contributed by atoms with van der Waals surface area (Å²) in [6.45, 7) is 4.10. The van der Waals surface area contributed by atoms with Crippen molar-refractivity contribution in [3.8, 4) is 23.3 Å². The van der Waals surface area contributed by atoms with Crippen LogP contribution in [0.5, 0.6) is 11.5 Å². The average molecular weight is 420 g/mol. The number of benzene rings is 2. The number of hydrogen-bond donors (Lipinski definition) is 0. The second kappa shape index (κ2) is 8.97. The minimum Gasteiger partial charge on any atom is -0.497 e. The summed E-state index contributed by atoms with van der Waals surface area (Å²) >= 11 is 0. The first kappa shape index (κ1) is 22.0. The van der Waals surface area contributed by atoms with Gasteiger partial charge in [0, 0.05) is 24.0 Å². The number of rotatable bonds is 4. The number of esters is 2. The molecule has 0 fully saturated rings. The van der Waals surface area contributed by atoms with E-state index in [1.807, 2.05) is 6.07 Å². The summed E-state index contributed by atoms with van der Waals surface area (Å²) in [6.07, 6.45) is 0.0485. The maximum Gasteiger partial charge on any atom is 0.323 e. The third kappa shape index (κ3) is 4.13. The molecule has 0 unspecified atom stereocenters. The maximum absolute atomic E-state index is 13.1. The maximum atomic E-state index is 13.1. The van der Waals surface area contributed by atoms with E-state index in [4.69, 9.17) is 18.9 Å². The minimum atomic E-state index is -1.63. The Morgan fingerprint density at radius 1 is 0.839 bits per heavy atom. The second-order valence-electron chi connectivity index (χ2n) is 7.19. The molecule has 1 aliphatic rings. The van der Waals surface area contributed by atoms with E-state index in [0.717, 1.165) is 5.56 Å². The molecule has 2 aromatic rings. The molecule has 160 valence electrons. The number of fused-ring (bicyclic) bond motifs is 2. The lowest BCUT2D eigenvalue weighted by Gasteiger charge is -2.30. The van der Waals surface area contributed by atoms with Crippen LogP contribution in [-0.2, 0) is 31.9 Å². The second-order valence-corrected chi connectivity index (χ2v) is 7.19. The molecule has 0 amide bonds. The molecule has 6 nitrogen and oxygen atoms in total. The summed E-state index contributed by atoms with van der Waals surface area (Å²) in [4.78, 5) is 26.2. The number of carbonyl (C=O) groups is 2. The Bertz CT molecular complexity index is 1090. The summed E-state index contributed by atoms with van der Waals surface area (Å²) < 4.78 is 20.9. The Balaban J connectivity index is 2.35. The Hall–Kier alpha value is -3.72. The monoisotopic (exact) mass is 420 g/mol. The molecule has 6 heteroatoms. The van der Waals surface area contributed by atoms with Crippen molar-refractivity contribution in [3.05, 3.63) is 65.2 Å². The summed E-state index contributed by atoms with van der Waals surface area (Å²) in [5.74, 6) is 5.99. The highest BCUT2D eigenvalue weighted by molar-refractivity contribution is 6.01. The van der Waals surface area contributed by atoms with Gasteiger partial charge < -0.3 is 18.9 Å². The number of methoxy groups -OCH3 is 4. The van der Waals surface area contributed by atoms with Crippen LogP contribution in [0.4, 0.5) is 0 Å². The van der Waals surface area contributed by atoms with E-state index in [-0.39, 0.29) is 12.8 Å². The standard InChI is InChI=1S/C25H24O6/c1-16-6-7-17-8-9-20(28-2)12-18(17)14-25(23(26)30-4,24(27)31-5)15-19-13-21(29-3)10-11-22(16)19/h8-13H,1,14-15H2,2-5H3. The van der Waals surface area contributed by atoms with E-state index in [1.165, 1.54) is 14.2 Å². The third-order valence-corrected chi connectivity index (χ3v) is 5.43. The van der Waals surface area contributed by atoms with Crippen molar-refractivity contribution in [1.29, 1.82) is 0 Å². The fourth-order valence-electron chi connectivity index (χ4n) is 3.79. The van der Waals surface area contributed by atoms with Crippen LogP contribution >= 0.6 is 0 Å². The van der Waals surface area contributed by atoms with Gasteiger partial charge >= 0.3 is 11.9 Å². The van der Waals surface area contributed by atoms with Gasteiger partial charge in [-0.3, -0.25) is 9.59 Å². The van der Waals surface area contributed by atoms with Crippen LogP contribution in [0.3, 0.4) is 0 Å². The smallest absolute Gasteiger partial charge is 0.323 e. The van der Waals surface area contributed by atoms with Crippen LogP contribution < -0.4 is 9.47 Å². The molecule has 0 aromatic heterocycles. The SMILES string of the molecule is C=C1C#Cc2ccc(OC)cc2CC(C(=O)OC)(C(=O)OC)Cc2cc(OC)ccc21. The van der Waals surface area contributed by atoms with Gasteiger partial charge in [0.2, 0.25) is 0 Å². The van der Waals surface area contributed by atoms with Crippen molar-refractivity contribution >= 4 is 17.5 Å². The van der Waals surface area contributed by atoms with Crippen LogP contribution in [0.2, 0.25) is 0 Å². The van der Waals surface area contributed by atoms with Crippen LogP contribution in [0, 0.1) is 17.3 Å². The van der Waals surface area contributed by atoms with Gasteiger partial charge in [-0.2, -0.15) is 0 Å². The van der Waals surface area contributed by atoms with Gasteiger partial charge in [-0.15, -0.1) is 0 Å². The largest absolute Gasteiger partial charge is 0.497 e. The normalized spacial score (nSPS) is 14.1. The molecule has 0 aliphatic heterocycles. The van der Waals surface area contributed by atoms with Gasteiger partial charge in [-0.05, 0) is 53.1 Å². The van der Waals surface area contributed by atoms with E-state index >= 15 is 0 Å². The topological polar surface area (TPSA) is 71.1 Å². The Kier molecular flexibility index (Phi) is 6.36. The Morgan fingerprint density at radius 3 is 1.97 bits per heavy atom. The van der Waals surface area contributed by atoms with Crippen molar-refractivity contribution < 1.29 is 28.5 Å². The predicted molar refractivity (Wildman–Crippen MR) is 116 cm³/mol. The number of carbonyl (C=O) groups excluding carboxylic acids is 2. The van der Waals surface area contributed by atoms with Gasteiger partial charge in [0.15, 0.2) is 5.41 Å². The van der Waals surface area contributed by atoms with Crippen LogP contribution in [0.15, 0.2) is 43.0 Å². The molecule has 0 bridgehead atoms. The lowest BCUT2D eigenvalue weighted by molar-refractivity contribution is -0.169. The highest BCUT2D eigenvalue weighted by atomic mass is 16.5. The minimum absolute atomic E-state index is 0.0240. The van der Waals surface area contributed by atoms with E-state index in [1.54, 1.807) is 44.6 Å². The Labute approximate surface area is 181 Å². The van der Waals surface area contributed by atoms with Gasteiger partial charge in [0.05, 0.1) is 28.4 Å². The first-order valence-electron chi connectivity index (χ1n) is 9.60. The molecule has 0 heterocycles. The zero-order chi connectivity index (χ0) is 22.6. The fourth-order valence-corrected chi connectivity index (χ4v) is 3.79. The van der Waals surface area contributed by atoms with Crippen molar-refractivity contribution in [2.75, 3.05) is 28.4 Å². The first-order chi connectivity index (χ1) is 14.9. The van der Waals surface area contributed by atoms with Gasteiger partial charge in [-0.1, -0.05) is 18.4 Å². The van der Waals surface area contributed by atoms with Gasteiger partial charge in [0.1, 0.15) is 11.5 Å². The molecular weight excluding hydrogens is 396 g/mol. The van der Waals surface area contributed by atoms with Crippen molar-refractivity contribution in [2.24, 2.45) is 5.41 Å². The lowest BCUT2D eigenvalue weighted by Crippen LogP contribution is -2.45. The molecule has 3 rings (SSSR count). The molecule has 31 heavy (non-hydrogen) atoms. The highest BCUT2D eigenvalue weighted by Crippen LogP contribution is 2.37. The number of hydrogen-bond acceptors (Lipinski definition) is 6. The summed E-state index contributed by atoms with van der Waals surface area (Å²) in [5, 5.41) is 0. The van der Waals surface area contributed by atoms with Crippen molar-refractivity contribution in [1.82, 2.24) is 0 Å². The molecule has 0 saturated carbocycles. The average Bonchev–Trinajstić information content (AvgIpc) is 2.80. The van der Waals surface area contributed by atoms with Crippen LogP contribution in [-0.4, -0.2) is 40.4 Å². The molecule has 0 atom stereocenters. The van der Waals surface area contributed by atoms with E-state index in [9.17, 15) is 9.59 Å². The summed E-state index contributed by atoms with van der Waals surface area (Å²) in [5.41, 5.74) is 1.66. The zero-order valence-electron chi connectivity index (χ0n) is 18.0. The molecular formula is C25H24O6. The first-order valence-corrected chi connectivity index (χ1v) is 9.60. The number of ether oxygens (including phenoxy) is 4. The van der Waals surface area contributed by atoms with Crippen LogP contribution in [0.1, 0.15) is 22.3 Å². The van der Waals surface area contributed by atoms with Crippen molar-refractivity contribution in [3.63, 3.8) is 0 Å². The zero-order valence-corrected chi connectivity index (χ0v) is 18.0. The quantitative estimate of drug-likeness (QED) is 0.430. The lowest BCUT2D eigenvalue weighted by atomic mass is 9.74. The molecule has 0 radical (unpaired) electrons.